The van der Waals surface area contributed by atoms with Gasteiger partial charge in [-0.05, 0) is 57.2 Å². The number of hydrogen-bond acceptors (Lipinski definition) is 4. The van der Waals surface area contributed by atoms with Gasteiger partial charge in [-0.2, -0.15) is 4.31 Å². The highest BCUT2D eigenvalue weighted by Gasteiger charge is 2.26. The molecule has 142 valence electrons. The molecule has 26 heavy (non-hydrogen) atoms. The summed E-state index contributed by atoms with van der Waals surface area (Å²) in [6, 6.07) is 6.64. The monoisotopic (exact) mass is 377 g/mol. The predicted octanol–water partition coefficient (Wildman–Crippen LogP) is 2.03. The Morgan fingerprint density at radius 3 is 2.62 bits per heavy atom. The van der Waals surface area contributed by atoms with E-state index in [4.69, 9.17) is 5.73 Å². The molecule has 0 bridgehead atoms. The van der Waals surface area contributed by atoms with Crippen molar-refractivity contribution in [3.63, 3.8) is 0 Å². The molecule has 1 aliphatic heterocycles. The first kappa shape index (κ1) is 19.1. The van der Waals surface area contributed by atoms with Gasteiger partial charge in [0, 0.05) is 30.7 Å². The molecule has 1 saturated carbocycles. The summed E-state index contributed by atoms with van der Waals surface area (Å²) in [5.41, 5.74) is 7.48. The lowest BCUT2D eigenvalue weighted by atomic mass is 9.91. The van der Waals surface area contributed by atoms with Crippen LogP contribution >= 0.6 is 0 Å². The van der Waals surface area contributed by atoms with Gasteiger partial charge in [-0.1, -0.05) is 17.7 Å². The Labute approximate surface area is 155 Å². The van der Waals surface area contributed by atoms with E-state index in [1.165, 1.54) is 15.9 Å². The highest BCUT2D eigenvalue weighted by Crippen LogP contribution is 2.22. The third-order valence-corrected chi connectivity index (χ3v) is 7.10. The van der Waals surface area contributed by atoms with Crippen LogP contribution < -0.4 is 11.1 Å². The minimum absolute atomic E-state index is 0.109. The lowest BCUT2D eigenvalue weighted by Crippen LogP contribution is -2.40. The zero-order valence-electron chi connectivity index (χ0n) is 15.1. The van der Waals surface area contributed by atoms with E-state index in [0.29, 0.717) is 18.7 Å². The van der Waals surface area contributed by atoms with Crippen LogP contribution in [0.4, 0.5) is 0 Å². The molecule has 1 fully saturated rings. The number of carbonyl (C=O) groups excluding carboxylic acids is 1. The largest absolute Gasteiger partial charge is 0.349 e. The highest BCUT2D eigenvalue weighted by molar-refractivity contribution is 7.89. The molecule has 3 rings (SSSR count). The third kappa shape index (κ3) is 4.34. The van der Waals surface area contributed by atoms with Gasteiger partial charge >= 0.3 is 0 Å². The van der Waals surface area contributed by atoms with Crippen LogP contribution in [0.25, 0.3) is 0 Å². The number of amides is 1. The van der Waals surface area contributed by atoms with E-state index in [1.807, 2.05) is 13.0 Å². The second kappa shape index (κ2) is 7.90. The SMILES string of the molecule is CC1=CCN(S(=O)(=O)c2cccc(C(=O)NC3CCC(N)CC3)c2)CC1. The average molecular weight is 378 g/mol. The maximum atomic E-state index is 12.8. The van der Waals surface area contributed by atoms with Crippen molar-refractivity contribution in [2.75, 3.05) is 13.1 Å². The van der Waals surface area contributed by atoms with Crippen molar-refractivity contribution >= 4 is 15.9 Å². The summed E-state index contributed by atoms with van der Waals surface area (Å²) in [6.45, 7) is 2.86. The normalized spacial score (nSPS) is 24.8. The van der Waals surface area contributed by atoms with E-state index in [1.54, 1.807) is 18.2 Å². The Balaban J connectivity index is 1.72. The second-order valence-electron chi connectivity index (χ2n) is 7.28. The smallest absolute Gasteiger partial charge is 0.251 e. The van der Waals surface area contributed by atoms with Gasteiger partial charge in [0.2, 0.25) is 10.0 Å². The van der Waals surface area contributed by atoms with E-state index in [-0.39, 0.29) is 22.9 Å². The molecule has 0 unspecified atom stereocenters. The summed E-state index contributed by atoms with van der Waals surface area (Å²) in [7, 11) is -3.59. The zero-order chi connectivity index (χ0) is 18.7. The lowest BCUT2D eigenvalue weighted by molar-refractivity contribution is 0.0925. The van der Waals surface area contributed by atoms with Gasteiger partial charge in [0.25, 0.3) is 5.91 Å². The van der Waals surface area contributed by atoms with Gasteiger partial charge in [0.15, 0.2) is 0 Å². The number of sulfonamides is 1. The fourth-order valence-corrected chi connectivity index (χ4v) is 4.88. The number of hydrogen-bond donors (Lipinski definition) is 2. The molecule has 3 N–H and O–H groups in total. The molecule has 6 nitrogen and oxygen atoms in total. The number of nitrogens with one attached hydrogen (secondary N) is 1. The molecule has 1 aromatic carbocycles. The van der Waals surface area contributed by atoms with Gasteiger partial charge in [-0.3, -0.25) is 4.79 Å². The molecule has 0 aromatic heterocycles. The minimum Gasteiger partial charge on any atom is -0.349 e. The lowest BCUT2D eigenvalue weighted by Gasteiger charge is -2.27. The van der Waals surface area contributed by atoms with E-state index in [9.17, 15) is 13.2 Å². The van der Waals surface area contributed by atoms with Crippen molar-refractivity contribution in [3.8, 4) is 0 Å². The Kier molecular flexibility index (Phi) is 5.79. The van der Waals surface area contributed by atoms with Crippen molar-refractivity contribution in [2.45, 2.75) is 56.0 Å². The molecule has 0 spiro atoms. The van der Waals surface area contributed by atoms with Crippen LogP contribution in [0.3, 0.4) is 0 Å². The van der Waals surface area contributed by atoms with Crippen LogP contribution in [0.2, 0.25) is 0 Å². The molecule has 7 heteroatoms. The molecule has 0 saturated heterocycles. The summed E-state index contributed by atoms with van der Waals surface area (Å²) < 4.78 is 27.1. The summed E-state index contributed by atoms with van der Waals surface area (Å²) in [5.74, 6) is -0.225. The van der Waals surface area contributed by atoms with Crippen LogP contribution in [0.1, 0.15) is 49.4 Å². The third-order valence-electron chi connectivity index (χ3n) is 5.24. The molecule has 1 aromatic rings. The van der Waals surface area contributed by atoms with Crippen molar-refractivity contribution in [3.05, 3.63) is 41.5 Å². The van der Waals surface area contributed by atoms with Crippen molar-refractivity contribution < 1.29 is 13.2 Å². The summed E-state index contributed by atoms with van der Waals surface area (Å²) in [6.07, 6.45) is 6.21. The molecule has 1 amide bonds. The van der Waals surface area contributed by atoms with Crippen LogP contribution in [-0.4, -0.2) is 43.8 Å². The van der Waals surface area contributed by atoms with Gasteiger partial charge in [0.1, 0.15) is 0 Å². The fourth-order valence-electron chi connectivity index (χ4n) is 3.45. The molecule has 2 aliphatic rings. The topological polar surface area (TPSA) is 92.5 Å². The Hall–Kier alpha value is -1.70. The molecule has 0 radical (unpaired) electrons. The van der Waals surface area contributed by atoms with Gasteiger partial charge < -0.3 is 11.1 Å². The molecule has 1 aliphatic carbocycles. The number of nitrogens with zero attached hydrogens (tertiary/aromatic N) is 1. The highest BCUT2D eigenvalue weighted by atomic mass is 32.2. The molecular formula is C19H27N3O3S. The summed E-state index contributed by atoms with van der Waals surface area (Å²) in [4.78, 5) is 12.7. The maximum Gasteiger partial charge on any atom is 0.251 e. The number of rotatable bonds is 4. The van der Waals surface area contributed by atoms with Crippen LogP contribution in [0, 0.1) is 0 Å². The predicted molar refractivity (Wildman–Crippen MR) is 101 cm³/mol. The van der Waals surface area contributed by atoms with Crippen molar-refractivity contribution in [1.82, 2.24) is 9.62 Å². The standard InChI is InChI=1S/C19H27N3O3S/c1-14-9-11-22(12-10-14)26(24,25)18-4-2-3-15(13-18)19(23)21-17-7-5-16(20)6-8-17/h2-4,9,13,16-17H,5-8,10-12,20H2,1H3,(H,21,23). The maximum absolute atomic E-state index is 12.8. The molecule has 0 atom stereocenters. The first-order valence-corrected chi connectivity index (χ1v) is 10.6. The van der Waals surface area contributed by atoms with Crippen LogP contribution in [-0.2, 0) is 10.0 Å². The van der Waals surface area contributed by atoms with Gasteiger partial charge in [-0.15, -0.1) is 0 Å². The van der Waals surface area contributed by atoms with E-state index < -0.39 is 10.0 Å². The van der Waals surface area contributed by atoms with Gasteiger partial charge in [0.05, 0.1) is 4.90 Å². The van der Waals surface area contributed by atoms with E-state index in [0.717, 1.165) is 32.1 Å². The minimum atomic E-state index is -3.59. The van der Waals surface area contributed by atoms with Crippen molar-refractivity contribution in [1.29, 1.82) is 0 Å². The fraction of sp³-hybridized carbons (Fsp3) is 0.526. The first-order valence-electron chi connectivity index (χ1n) is 9.18. The average Bonchev–Trinajstić information content (AvgIpc) is 2.64. The van der Waals surface area contributed by atoms with Gasteiger partial charge in [-0.25, -0.2) is 8.42 Å². The molecular weight excluding hydrogens is 350 g/mol. The van der Waals surface area contributed by atoms with E-state index >= 15 is 0 Å². The van der Waals surface area contributed by atoms with Crippen molar-refractivity contribution in [2.24, 2.45) is 5.73 Å². The molecule has 1 heterocycles. The summed E-state index contributed by atoms with van der Waals surface area (Å²) in [5, 5.41) is 3.01. The first-order chi connectivity index (χ1) is 12.4. The van der Waals surface area contributed by atoms with E-state index in [2.05, 4.69) is 5.32 Å². The quantitative estimate of drug-likeness (QED) is 0.785. The number of nitrogens with two attached hydrogens (primary N) is 1. The van der Waals surface area contributed by atoms with Crippen LogP contribution in [0.15, 0.2) is 40.8 Å². The number of carbonyl (C=O) groups is 1. The Morgan fingerprint density at radius 1 is 1.23 bits per heavy atom. The zero-order valence-corrected chi connectivity index (χ0v) is 16.0. The van der Waals surface area contributed by atoms with Crippen LogP contribution in [0.5, 0.6) is 0 Å². The second-order valence-corrected chi connectivity index (χ2v) is 9.21. The Bertz CT molecular complexity index is 796. The summed E-state index contributed by atoms with van der Waals surface area (Å²) >= 11 is 0. The Morgan fingerprint density at radius 2 is 1.96 bits per heavy atom. The number of benzene rings is 1.